The number of benzene rings is 2. The van der Waals surface area contributed by atoms with Crippen LogP contribution in [0.3, 0.4) is 0 Å². The Bertz CT molecular complexity index is 1050. The molecule has 0 aromatic heterocycles. The Morgan fingerprint density at radius 2 is 1.97 bits per heavy atom. The molecule has 1 amide bonds. The number of ether oxygens (including phenoxy) is 1. The minimum Gasteiger partial charge on any atom is -0.494 e. The zero-order chi connectivity index (χ0) is 22.3. The summed E-state index contributed by atoms with van der Waals surface area (Å²) in [5.74, 6) is 0.834. The average molecular weight is 444 g/mol. The maximum absolute atomic E-state index is 12.8. The van der Waals surface area contributed by atoms with Crippen molar-refractivity contribution in [3.8, 4) is 5.75 Å². The lowest BCUT2D eigenvalue weighted by molar-refractivity contribution is -0.122. The predicted molar refractivity (Wildman–Crippen MR) is 121 cm³/mol. The van der Waals surface area contributed by atoms with Gasteiger partial charge in [-0.05, 0) is 49.6 Å². The molecule has 8 heteroatoms. The first-order valence-corrected chi connectivity index (χ1v) is 12.1. The number of nitrogens with zero attached hydrogens (tertiary/aromatic N) is 1. The van der Waals surface area contributed by atoms with E-state index >= 15 is 0 Å². The lowest BCUT2D eigenvalue weighted by atomic mass is 10.1. The van der Waals surface area contributed by atoms with Crippen molar-refractivity contribution in [1.82, 2.24) is 10.0 Å². The molecule has 2 aromatic carbocycles. The lowest BCUT2D eigenvalue weighted by Crippen LogP contribution is -2.36. The summed E-state index contributed by atoms with van der Waals surface area (Å²) in [6, 6.07) is 13.8. The zero-order valence-corrected chi connectivity index (χ0v) is 18.7. The maximum atomic E-state index is 12.8. The van der Waals surface area contributed by atoms with E-state index in [-0.39, 0.29) is 16.6 Å². The molecule has 1 unspecified atom stereocenters. The third kappa shape index (κ3) is 6.07. The van der Waals surface area contributed by atoms with Crippen LogP contribution >= 0.6 is 0 Å². The highest BCUT2D eigenvalue weighted by Crippen LogP contribution is 2.23. The summed E-state index contributed by atoms with van der Waals surface area (Å²) in [4.78, 5) is 17.4. The van der Waals surface area contributed by atoms with Crippen LogP contribution in [0.5, 0.6) is 5.75 Å². The first-order valence-electron chi connectivity index (χ1n) is 10.6. The van der Waals surface area contributed by atoms with Crippen LogP contribution in [0.25, 0.3) is 0 Å². The van der Waals surface area contributed by atoms with Crippen LogP contribution in [0.15, 0.2) is 58.4 Å². The molecule has 166 valence electrons. The van der Waals surface area contributed by atoms with Crippen molar-refractivity contribution in [1.29, 1.82) is 0 Å². The normalized spacial score (nSPS) is 16.4. The van der Waals surface area contributed by atoms with Crippen LogP contribution in [0.2, 0.25) is 0 Å². The van der Waals surface area contributed by atoms with Crippen LogP contribution < -0.4 is 14.8 Å². The summed E-state index contributed by atoms with van der Waals surface area (Å²) in [6.07, 6.45) is 2.95. The van der Waals surface area contributed by atoms with E-state index in [0.29, 0.717) is 31.6 Å². The molecule has 7 nitrogen and oxygen atoms in total. The number of aliphatic imine (C=N–C) groups is 1. The van der Waals surface area contributed by atoms with Gasteiger partial charge in [-0.2, -0.15) is 0 Å². The Morgan fingerprint density at radius 1 is 1.16 bits per heavy atom. The number of carbonyl (C=O) groups is 1. The number of rotatable bonds is 10. The molecule has 0 saturated carbocycles. The summed E-state index contributed by atoms with van der Waals surface area (Å²) in [5.41, 5.74) is 1.64. The molecule has 31 heavy (non-hydrogen) atoms. The Morgan fingerprint density at radius 3 is 2.74 bits per heavy atom. The second kappa shape index (κ2) is 10.4. The third-order valence-corrected chi connectivity index (χ3v) is 6.36. The Hall–Kier alpha value is -2.87. The van der Waals surface area contributed by atoms with Crippen molar-refractivity contribution in [2.75, 3.05) is 13.2 Å². The fourth-order valence-corrected chi connectivity index (χ4v) is 4.57. The number of nitrogens with one attached hydrogen (secondary N) is 2. The lowest BCUT2D eigenvalue weighted by Gasteiger charge is -2.14. The second-order valence-corrected chi connectivity index (χ2v) is 9.20. The summed E-state index contributed by atoms with van der Waals surface area (Å²) < 4.78 is 32.8. The molecule has 1 aliphatic rings. The molecule has 3 rings (SSSR count). The van der Waals surface area contributed by atoms with E-state index in [9.17, 15) is 13.2 Å². The van der Waals surface area contributed by atoms with E-state index in [2.05, 4.69) is 15.0 Å². The first kappa shape index (κ1) is 22.8. The van der Waals surface area contributed by atoms with Gasteiger partial charge in [-0.1, -0.05) is 44.0 Å². The molecule has 1 atom stereocenters. The van der Waals surface area contributed by atoms with E-state index in [1.807, 2.05) is 38.1 Å². The van der Waals surface area contributed by atoms with Gasteiger partial charge in [-0.15, -0.1) is 0 Å². The minimum atomic E-state index is -3.63. The molecule has 0 saturated heterocycles. The quantitative estimate of drug-likeness (QED) is 0.551. The van der Waals surface area contributed by atoms with Crippen molar-refractivity contribution in [3.05, 3.63) is 59.7 Å². The van der Waals surface area contributed by atoms with E-state index in [0.717, 1.165) is 24.2 Å². The number of amidine groups is 1. The van der Waals surface area contributed by atoms with E-state index in [1.54, 1.807) is 18.2 Å². The third-order valence-electron chi connectivity index (χ3n) is 4.96. The number of amides is 1. The largest absolute Gasteiger partial charge is 0.494 e. The molecule has 1 heterocycles. The monoisotopic (exact) mass is 443 g/mol. The first-order chi connectivity index (χ1) is 14.9. The molecular formula is C23H29N3O4S. The van der Waals surface area contributed by atoms with Gasteiger partial charge in [0, 0.05) is 12.1 Å². The van der Waals surface area contributed by atoms with Gasteiger partial charge in [-0.25, -0.2) is 8.42 Å². The standard InChI is InChI=1S/C23H29N3O4S/c1-3-4-12-20(25-22-19-11-5-6-13-21(19)31(28,29)26-22)23(27)24-14-8-15-30-18-10-7-9-17(2)16-18/h5-7,9-11,13,16,20H,3-4,8,12,14-15H2,1-2H3,(H,24,27)(H,25,26). The van der Waals surface area contributed by atoms with Crippen molar-refractivity contribution in [2.45, 2.75) is 50.5 Å². The van der Waals surface area contributed by atoms with Gasteiger partial charge >= 0.3 is 0 Å². The molecule has 0 spiro atoms. The van der Waals surface area contributed by atoms with Crippen molar-refractivity contribution >= 4 is 21.8 Å². The van der Waals surface area contributed by atoms with Crippen LogP contribution in [0.1, 0.15) is 43.7 Å². The van der Waals surface area contributed by atoms with E-state index in [4.69, 9.17) is 4.74 Å². The van der Waals surface area contributed by atoms with Crippen molar-refractivity contribution in [3.63, 3.8) is 0 Å². The molecule has 0 bridgehead atoms. The highest BCUT2D eigenvalue weighted by Gasteiger charge is 2.31. The van der Waals surface area contributed by atoms with Crippen LogP contribution in [-0.2, 0) is 14.8 Å². The average Bonchev–Trinajstić information content (AvgIpc) is 3.01. The smallest absolute Gasteiger partial charge is 0.263 e. The number of unbranched alkanes of at least 4 members (excludes halogenated alkanes) is 1. The zero-order valence-electron chi connectivity index (χ0n) is 17.9. The van der Waals surface area contributed by atoms with Crippen LogP contribution in [0.4, 0.5) is 0 Å². The summed E-state index contributed by atoms with van der Waals surface area (Å²) in [6.45, 7) is 5.00. The molecule has 1 aliphatic heterocycles. The number of sulfonamides is 1. The highest BCUT2D eigenvalue weighted by atomic mass is 32.2. The fraction of sp³-hybridized carbons (Fsp3) is 0.391. The SMILES string of the molecule is CCCCC(N=C1NS(=O)(=O)c2ccccc21)C(=O)NCCCOc1cccc(C)c1. The summed E-state index contributed by atoms with van der Waals surface area (Å²) >= 11 is 0. The Balaban J connectivity index is 1.59. The Labute approximate surface area is 184 Å². The molecule has 2 aromatic rings. The summed E-state index contributed by atoms with van der Waals surface area (Å²) in [5, 5.41) is 2.90. The maximum Gasteiger partial charge on any atom is 0.263 e. The van der Waals surface area contributed by atoms with E-state index in [1.165, 1.54) is 6.07 Å². The van der Waals surface area contributed by atoms with Crippen molar-refractivity contribution < 1.29 is 17.9 Å². The van der Waals surface area contributed by atoms with Gasteiger partial charge in [0.2, 0.25) is 5.91 Å². The van der Waals surface area contributed by atoms with Gasteiger partial charge in [0.05, 0.1) is 11.5 Å². The summed E-state index contributed by atoms with van der Waals surface area (Å²) in [7, 11) is -3.63. The number of aryl methyl sites for hydroxylation is 1. The number of hydrogen-bond donors (Lipinski definition) is 2. The van der Waals surface area contributed by atoms with E-state index < -0.39 is 16.1 Å². The second-order valence-electron chi connectivity index (χ2n) is 7.55. The topological polar surface area (TPSA) is 96.9 Å². The number of fused-ring (bicyclic) bond motifs is 1. The highest BCUT2D eigenvalue weighted by molar-refractivity contribution is 7.90. The fourth-order valence-electron chi connectivity index (χ4n) is 3.33. The number of carbonyl (C=O) groups excluding carboxylic acids is 1. The van der Waals surface area contributed by atoms with Gasteiger partial charge in [0.25, 0.3) is 10.0 Å². The molecule has 0 fully saturated rings. The van der Waals surface area contributed by atoms with Crippen molar-refractivity contribution in [2.24, 2.45) is 4.99 Å². The van der Waals surface area contributed by atoms with Gasteiger partial charge in [0.15, 0.2) is 0 Å². The predicted octanol–water partition coefficient (Wildman–Crippen LogP) is 3.18. The van der Waals surface area contributed by atoms with Crippen LogP contribution in [-0.4, -0.2) is 39.4 Å². The Kier molecular flexibility index (Phi) is 7.68. The molecule has 0 aliphatic carbocycles. The van der Waals surface area contributed by atoms with Gasteiger partial charge < -0.3 is 10.1 Å². The number of hydrogen-bond acceptors (Lipinski definition) is 5. The van der Waals surface area contributed by atoms with Gasteiger partial charge in [-0.3, -0.25) is 14.5 Å². The molecular weight excluding hydrogens is 414 g/mol. The minimum absolute atomic E-state index is 0.191. The molecule has 2 N–H and O–H groups in total. The molecule has 0 radical (unpaired) electrons. The van der Waals surface area contributed by atoms with Gasteiger partial charge in [0.1, 0.15) is 17.6 Å². The van der Waals surface area contributed by atoms with Crippen LogP contribution in [0, 0.1) is 6.92 Å².